The summed E-state index contributed by atoms with van der Waals surface area (Å²) in [5.74, 6) is 0.144. The van der Waals surface area contributed by atoms with E-state index in [9.17, 15) is 4.39 Å². The lowest BCUT2D eigenvalue weighted by Crippen LogP contribution is -2.10. The van der Waals surface area contributed by atoms with Crippen molar-refractivity contribution in [2.45, 2.75) is 13.5 Å². The van der Waals surface area contributed by atoms with Crippen LogP contribution in [0.2, 0.25) is 5.02 Å². The zero-order valence-corrected chi connectivity index (χ0v) is 12.4. The molecule has 20 heavy (non-hydrogen) atoms. The summed E-state index contributed by atoms with van der Waals surface area (Å²) in [7, 11) is 0. The number of ether oxygens (including phenoxy) is 1. The van der Waals surface area contributed by atoms with Crippen molar-refractivity contribution in [3.05, 3.63) is 63.9 Å². The third-order valence-electron chi connectivity index (χ3n) is 2.80. The first-order valence-electron chi connectivity index (χ1n) is 5.94. The van der Waals surface area contributed by atoms with Crippen molar-refractivity contribution in [1.82, 2.24) is 0 Å². The van der Waals surface area contributed by atoms with Crippen molar-refractivity contribution in [3.8, 4) is 5.75 Å². The number of hydrogen-bond donors (Lipinski definition) is 1. The molecule has 0 fully saturated rings. The van der Waals surface area contributed by atoms with Gasteiger partial charge in [0.15, 0.2) is 0 Å². The van der Waals surface area contributed by atoms with Gasteiger partial charge in [-0.05, 0) is 42.8 Å². The Balaban J connectivity index is 2.18. The summed E-state index contributed by atoms with van der Waals surface area (Å²) in [5, 5.41) is 0.496. The van der Waals surface area contributed by atoms with Crippen LogP contribution < -0.4 is 10.5 Å². The molecule has 0 atom stereocenters. The molecule has 0 spiro atoms. The second kappa shape index (κ2) is 6.20. The zero-order valence-electron chi connectivity index (χ0n) is 10.8. The van der Waals surface area contributed by atoms with Gasteiger partial charge in [-0.15, -0.1) is 0 Å². The molecule has 0 bridgehead atoms. The van der Waals surface area contributed by atoms with Gasteiger partial charge in [0.2, 0.25) is 0 Å². The second-order valence-electron chi connectivity index (χ2n) is 4.39. The lowest BCUT2D eigenvalue weighted by molar-refractivity contribution is 0.300. The maximum absolute atomic E-state index is 13.7. The van der Waals surface area contributed by atoms with Crippen LogP contribution in [0.25, 0.3) is 0 Å². The monoisotopic (exact) mass is 309 g/mol. The van der Waals surface area contributed by atoms with Gasteiger partial charge < -0.3 is 10.5 Å². The molecule has 0 radical (unpaired) electrons. The lowest BCUT2D eigenvalue weighted by Gasteiger charge is -2.10. The van der Waals surface area contributed by atoms with Crippen molar-refractivity contribution < 1.29 is 9.13 Å². The Kier molecular flexibility index (Phi) is 4.57. The molecule has 2 N–H and O–H groups in total. The number of halogens is 2. The molecule has 0 aliphatic carbocycles. The van der Waals surface area contributed by atoms with Crippen LogP contribution in [-0.2, 0) is 6.61 Å². The molecule has 5 heteroatoms. The van der Waals surface area contributed by atoms with E-state index < -0.39 is 0 Å². The number of thiocarbonyl (C=S) groups is 1. The lowest BCUT2D eigenvalue weighted by atomic mass is 10.1. The summed E-state index contributed by atoms with van der Waals surface area (Å²) in [6, 6.07) is 9.87. The fourth-order valence-electron chi connectivity index (χ4n) is 1.72. The first-order valence-corrected chi connectivity index (χ1v) is 6.73. The van der Waals surface area contributed by atoms with Crippen LogP contribution >= 0.6 is 23.8 Å². The molecule has 2 aromatic rings. The predicted molar refractivity (Wildman–Crippen MR) is 82.8 cm³/mol. The van der Waals surface area contributed by atoms with Crippen LogP contribution in [0.1, 0.15) is 16.7 Å². The van der Waals surface area contributed by atoms with E-state index in [1.54, 1.807) is 24.3 Å². The summed E-state index contributed by atoms with van der Waals surface area (Å²) >= 11 is 10.9. The van der Waals surface area contributed by atoms with Crippen LogP contribution in [0.5, 0.6) is 5.75 Å². The molecule has 0 aromatic heterocycles. The topological polar surface area (TPSA) is 35.2 Å². The van der Waals surface area contributed by atoms with Gasteiger partial charge in [0.1, 0.15) is 23.2 Å². The van der Waals surface area contributed by atoms with E-state index in [4.69, 9.17) is 34.3 Å². The SMILES string of the molecule is Cc1ccc(OCc2cc(C(N)=S)ccc2F)c(Cl)c1. The minimum atomic E-state index is -0.367. The van der Waals surface area contributed by atoms with E-state index in [-0.39, 0.29) is 17.4 Å². The average molecular weight is 310 g/mol. The first-order chi connectivity index (χ1) is 9.47. The Labute approximate surface area is 127 Å². The molecule has 0 saturated carbocycles. The van der Waals surface area contributed by atoms with Gasteiger partial charge in [-0.3, -0.25) is 0 Å². The number of aryl methyl sites for hydroxylation is 1. The van der Waals surface area contributed by atoms with Crippen molar-refractivity contribution in [3.63, 3.8) is 0 Å². The Morgan fingerprint density at radius 3 is 2.70 bits per heavy atom. The minimum absolute atomic E-state index is 0.0606. The van der Waals surface area contributed by atoms with E-state index in [1.807, 2.05) is 13.0 Å². The van der Waals surface area contributed by atoms with E-state index >= 15 is 0 Å². The normalized spacial score (nSPS) is 10.3. The molecule has 2 rings (SSSR count). The van der Waals surface area contributed by atoms with Gasteiger partial charge in [-0.1, -0.05) is 29.9 Å². The molecular formula is C15H13ClFNOS. The first kappa shape index (κ1) is 14.8. The Morgan fingerprint density at radius 1 is 1.30 bits per heavy atom. The van der Waals surface area contributed by atoms with Gasteiger partial charge >= 0.3 is 0 Å². The number of benzene rings is 2. The van der Waals surface area contributed by atoms with Crippen molar-refractivity contribution in [2.24, 2.45) is 5.73 Å². The van der Waals surface area contributed by atoms with Crippen LogP contribution in [-0.4, -0.2) is 4.99 Å². The number of nitrogens with two attached hydrogens (primary N) is 1. The molecule has 0 amide bonds. The maximum Gasteiger partial charge on any atom is 0.138 e. The Hall–Kier alpha value is -1.65. The highest BCUT2D eigenvalue weighted by Gasteiger charge is 2.08. The van der Waals surface area contributed by atoms with Gasteiger partial charge in [0, 0.05) is 11.1 Å². The summed E-state index contributed by atoms with van der Waals surface area (Å²) < 4.78 is 19.2. The highest BCUT2D eigenvalue weighted by atomic mass is 35.5. The maximum atomic E-state index is 13.7. The fraction of sp³-hybridized carbons (Fsp3) is 0.133. The molecular weight excluding hydrogens is 297 g/mol. The van der Waals surface area contributed by atoms with Crippen LogP contribution in [0, 0.1) is 12.7 Å². The average Bonchev–Trinajstić information content (AvgIpc) is 2.39. The molecule has 0 aliphatic rings. The highest BCUT2D eigenvalue weighted by molar-refractivity contribution is 7.80. The van der Waals surface area contributed by atoms with E-state index in [1.165, 1.54) is 6.07 Å². The molecule has 2 nitrogen and oxygen atoms in total. The molecule has 0 aliphatic heterocycles. The zero-order chi connectivity index (χ0) is 14.7. The van der Waals surface area contributed by atoms with E-state index in [0.717, 1.165) is 5.56 Å². The van der Waals surface area contributed by atoms with Gasteiger partial charge in [0.25, 0.3) is 0 Å². The van der Waals surface area contributed by atoms with Gasteiger partial charge in [0.05, 0.1) is 5.02 Å². The molecule has 0 unspecified atom stereocenters. The van der Waals surface area contributed by atoms with Crippen molar-refractivity contribution >= 4 is 28.8 Å². The van der Waals surface area contributed by atoms with Crippen molar-refractivity contribution in [1.29, 1.82) is 0 Å². The number of hydrogen-bond acceptors (Lipinski definition) is 2. The quantitative estimate of drug-likeness (QED) is 0.867. The molecule has 2 aromatic carbocycles. The van der Waals surface area contributed by atoms with Crippen LogP contribution in [0.15, 0.2) is 36.4 Å². The predicted octanol–water partition coefficient (Wildman–Crippen LogP) is 4.00. The molecule has 0 saturated heterocycles. The largest absolute Gasteiger partial charge is 0.487 e. The summed E-state index contributed by atoms with van der Waals surface area (Å²) in [4.78, 5) is 0.222. The van der Waals surface area contributed by atoms with Crippen LogP contribution in [0.3, 0.4) is 0 Å². The highest BCUT2D eigenvalue weighted by Crippen LogP contribution is 2.26. The smallest absolute Gasteiger partial charge is 0.138 e. The van der Waals surface area contributed by atoms with Crippen molar-refractivity contribution in [2.75, 3.05) is 0 Å². The summed E-state index contributed by atoms with van der Waals surface area (Å²) in [6.45, 7) is 1.99. The standard InChI is InChI=1S/C15H13ClFNOS/c1-9-2-5-14(12(16)6-9)19-8-11-7-10(15(18)20)3-4-13(11)17/h2-7H,8H2,1H3,(H2,18,20). The third-order valence-corrected chi connectivity index (χ3v) is 3.33. The van der Waals surface area contributed by atoms with Gasteiger partial charge in [-0.2, -0.15) is 0 Å². The Bertz CT molecular complexity index is 660. The number of rotatable bonds is 4. The van der Waals surface area contributed by atoms with E-state index in [2.05, 4.69) is 0 Å². The summed E-state index contributed by atoms with van der Waals surface area (Å²) in [6.07, 6.45) is 0. The molecule has 0 heterocycles. The minimum Gasteiger partial charge on any atom is -0.487 e. The van der Waals surface area contributed by atoms with E-state index in [0.29, 0.717) is 21.9 Å². The Morgan fingerprint density at radius 2 is 2.05 bits per heavy atom. The third kappa shape index (κ3) is 3.46. The van der Waals surface area contributed by atoms with Crippen LogP contribution in [0.4, 0.5) is 4.39 Å². The van der Waals surface area contributed by atoms with Gasteiger partial charge in [-0.25, -0.2) is 4.39 Å². The fourth-order valence-corrected chi connectivity index (χ4v) is 2.13. The second-order valence-corrected chi connectivity index (χ2v) is 5.24. The summed E-state index contributed by atoms with van der Waals surface area (Å²) in [5.41, 5.74) is 7.55. The molecule has 104 valence electrons.